The molecule has 0 fully saturated rings. The molecular weight excluding hydrogens is 329 g/mol. The monoisotopic (exact) mass is 337 g/mol. The summed E-state index contributed by atoms with van der Waals surface area (Å²) in [6.45, 7) is 1.72. The summed E-state index contributed by atoms with van der Waals surface area (Å²) in [5, 5.41) is 7.02. The lowest BCUT2D eigenvalue weighted by Gasteiger charge is -1.98. The van der Waals surface area contributed by atoms with Crippen molar-refractivity contribution in [1.29, 1.82) is 0 Å². The molecule has 22 heavy (non-hydrogen) atoms. The molecule has 2 aromatic heterocycles. The lowest BCUT2D eigenvalue weighted by molar-refractivity contribution is 0.102. The Morgan fingerprint density at radius 2 is 2.05 bits per heavy atom. The van der Waals surface area contributed by atoms with Gasteiger partial charge in [0.15, 0.2) is 11.5 Å². The molecular formula is C14H9Cl2N3O3. The number of oxazole rings is 1. The number of nitrogens with zero attached hydrogens (tertiary/aromatic N) is 2. The molecule has 1 aromatic carbocycles. The van der Waals surface area contributed by atoms with Gasteiger partial charge in [-0.25, -0.2) is 4.98 Å². The van der Waals surface area contributed by atoms with Crippen molar-refractivity contribution in [3.8, 4) is 11.5 Å². The van der Waals surface area contributed by atoms with Gasteiger partial charge in [0.25, 0.3) is 5.91 Å². The summed E-state index contributed by atoms with van der Waals surface area (Å²) in [6, 6.07) is 6.53. The van der Waals surface area contributed by atoms with E-state index in [1.807, 2.05) is 0 Å². The van der Waals surface area contributed by atoms with Crippen molar-refractivity contribution < 1.29 is 13.7 Å². The van der Waals surface area contributed by atoms with Crippen LogP contribution in [-0.4, -0.2) is 16.0 Å². The third-order valence-electron chi connectivity index (χ3n) is 2.77. The number of hydrogen-bond acceptors (Lipinski definition) is 5. The van der Waals surface area contributed by atoms with Crippen LogP contribution in [0.4, 0.5) is 5.82 Å². The summed E-state index contributed by atoms with van der Waals surface area (Å²) in [4.78, 5) is 16.1. The first kappa shape index (κ1) is 14.6. The average molecular weight is 338 g/mol. The number of benzene rings is 1. The zero-order valence-corrected chi connectivity index (χ0v) is 12.8. The number of nitrogens with one attached hydrogen (secondary N) is 1. The first-order valence-corrected chi connectivity index (χ1v) is 6.94. The van der Waals surface area contributed by atoms with Crippen molar-refractivity contribution in [1.82, 2.24) is 10.1 Å². The summed E-state index contributed by atoms with van der Waals surface area (Å²) in [5.74, 6) is 0.706. The van der Waals surface area contributed by atoms with Crippen LogP contribution >= 0.6 is 23.2 Å². The van der Waals surface area contributed by atoms with E-state index >= 15 is 0 Å². The number of amides is 1. The maximum Gasteiger partial charge on any atom is 0.278 e. The van der Waals surface area contributed by atoms with Crippen LogP contribution in [0.2, 0.25) is 10.0 Å². The topological polar surface area (TPSA) is 81.2 Å². The van der Waals surface area contributed by atoms with Crippen molar-refractivity contribution in [3.63, 3.8) is 0 Å². The molecule has 0 atom stereocenters. The van der Waals surface area contributed by atoms with Crippen LogP contribution in [-0.2, 0) is 0 Å². The quantitative estimate of drug-likeness (QED) is 0.774. The van der Waals surface area contributed by atoms with Crippen molar-refractivity contribution in [2.45, 2.75) is 6.92 Å². The third kappa shape index (κ3) is 2.98. The highest BCUT2D eigenvalue weighted by Crippen LogP contribution is 2.28. The number of halogens is 2. The van der Waals surface area contributed by atoms with Gasteiger partial charge in [-0.2, -0.15) is 0 Å². The zero-order chi connectivity index (χ0) is 15.7. The maximum atomic E-state index is 12.0. The molecule has 0 saturated heterocycles. The molecule has 0 bridgehead atoms. The summed E-state index contributed by atoms with van der Waals surface area (Å²) < 4.78 is 10.2. The van der Waals surface area contributed by atoms with E-state index in [0.717, 1.165) is 0 Å². The molecule has 0 aliphatic heterocycles. The van der Waals surface area contributed by atoms with Crippen molar-refractivity contribution >= 4 is 34.9 Å². The molecule has 6 nitrogen and oxygen atoms in total. The van der Waals surface area contributed by atoms with Crippen LogP contribution in [0.1, 0.15) is 16.2 Å². The lowest BCUT2D eigenvalue weighted by atomic mass is 10.2. The Morgan fingerprint density at radius 1 is 1.23 bits per heavy atom. The smallest absolute Gasteiger partial charge is 0.278 e. The zero-order valence-electron chi connectivity index (χ0n) is 11.3. The predicted octanol–water partition coefficient (Wildman–Crippen LogP) is 4.20. The summed E-state index contributed by atoms with van der Waals surface area (Å²) in [5.41, 5.74) is 0.729. The Balaban J connectivity index is 1.80. The highest BCUT2D eigenvalue weighted by atomic mass is 35.5. The maximum absolute atomic E-state index is 12.0. The largest absolute Gasteiger partial charge is 0.444 e. The Bertz CT molecular complexity index is 841. The van der Waals surface area contributed by atoms with Crippen molar-refractivity contribution in [2.24, 2.45) is 0 Å². The minimum atomic E-state index is -0.455. The fourth-order valence-electron chi connectivity index (χ4n) is 1.75. The number of carbonyl (C=O) groups excluding carboxylic acids is 1. The Morgan fingerprint density at radius 3 is 2.73 bits per heavy atom. The lowest BCUT2D eigenvalue weighted by Crippen LogP contribution is -2.12. The first-order valence-electron chi connectivity index (χ1n) is 6.18. The Hall–Kier alpha value is -2.31. The summed E-state index contributed by atoms with van der Waals surface area (Å²) >= 11 is 11.8. The third-order valence-corrected chi connectivity index (χ3v) is 3.51. The van der Waals surface area contributed by atoms with Gasteiger partial charge < -0.3 is 14.3 Å². The van der Waals surface area contributed by atoms with Crippen molar-refractivity contribution in [2.75, 3.05) is 5.32 Å². The number of aromatic nitrogens is 2. The van der Waals surface area contributed by atoms with Crippen molar-refractivity contribution in [3.05, 3.63) is 52.0 Å². The summed E-state index contributed by atoms with van der Waals surface area (Å²) in [6.07, 6.45) is 1.25. The Labute approximate surface area is 135 Å². The van der Waals surface area contributed by atoms with Gasteiger partial charge >= 0.3 is 0 Å². The fourth-order valence-corrected chi connectivity index (χ4v) is 2.04. The number of hydrogen-bond donors (Lipinski definition) is 1. The Kier molecular flexibility index (Phi) is 3.87. The first-order chi connectivity index (χ1) is 10.5. The van der Waals surface area contributed by atoms with Gasteiger partial charge in [-0.1, -0.05) is 28.4 Å². The SMILES string of the molecule is Cc1cc(NC(=O)c2coc(-c3ccc(Cl)c(Cl)c3)n2)no1. The molecule has 0 unspecified atom stereocenters. The molecule has 0 spiro atoms. The van der Waals surface area contributed by atoms with E-state index < -0.39 is 5.91 Å². The molecule has 0 radical (unpaired) electrons. The number of rotatable bonds is 3. The van der Waals surface area contributed by atoms with Gasteiger partial charge in [0.2, 0.25) is 5.89 Å². The van der Waals surface area contributed by atoms with Gasteiger partial charge in [-0.3, -0.25) is 4.79 Å². The molecule has 2 heterocycles. The van der Waals surface area contributed by atoms with Crippen LogP contribution < -0.4 is 5.32 Å². The molecule has 1 amide bonds. The predicted molar refractivity (Wildman–Crippen MR) is 81.2 cm³/mol. The molecule has 0 aliphatic carbocycles. The van der Waals surface area contributed by atoms with Crippen LogP contribution in [0.25, 0.3) is 11.5 Å². The van der Waals surface area contributed by atoms with E-state index in [-0.39, 0.29) is 11.6 Å². The second-order valence-electron chi connectivity index (χ2n) is 4.44. The average Bonchev–Trinajstić information content (AvgIpc) is 3.11. The van der Waals surface area contributed by atoms with E-state index in [9.17, 15) is 4.79 Å². The van der Waals surface area contributed by atoms with Crippen LogP contribution in [0.3, 0.4) is 0 Å². The van der Waals surface area contributed by atoms with E-state index in [2.05, 4.69) is 15.5 Å². The van der Waals surface area contributed by atoms with Gasteiger partial charge in [-0.05, 0) is 25.1 Å². The molecule has 0 saturated carbocycles. The van der Waals surface area contributed by atoms with E-state index in [4.69, 9.17) is 32.1 Å². The van der Waals surface area contributed by atoms with Gasteiger partial charge in [0.1, 0.15) is 12.0 Å². The second-order valence-corrected chi connectivity index (χ2v) is 5.26. The molecule has 0 aliphatic rings. The van der Waals surface area contributed by atoms with Gasteiger partial charge in [0.05, 0.1) is 10.0 Å². The number of carbonyl (C=O) groups is 1. The number of aryl methyl sites for hydroxylation is 1. The minimum Gasteiger partial charge on any atom is -0.444 e. The fraction of sp³-hybridized carbons (Fsp3) is 0.0714. The van der Waals surface area contributed by atoms with Gasteiger partial charge in [-0.15, -0.1) is 0 Å². The molecule has 112 valence electrons. The van der Waals surface area contributed by atoms with Gasteiger partial charge in [0, 0.05) is 11.6 Å². The molecule has 8 heteroatoms. The van der Waals surface area contributed by atoms with E-state index in [1.165, 1.54) is 6.26 Å². The normalized spacial score (nSPS) is 10.7. The number of anilines is 1. The minimum absolute atomic E-state index is 0.113. The summed E-state index contributed by atoms with van der Waals surface area (Å²) in [7, 11) is 0. The van der Waals surface area contributed by atoms with E-state index in [0.29, 0.717) is 27.2 Å². The standard InChI is InChI=1S/C14H9Cl2N3O3/c1-7-4-12(19-22-7)18-13(20)11-6-21-14(17-11)8-2-3-9(15)10(16)5-8/h2-6H,1H3,(H,18,19,20). The van der Waals surface area contributed by atoms with E-state index in [1.54, 1.807) is 31.2 Å². The highest BCUT2D eigenvalue weighted by molar-refractivity contribution is 6.42. The molecule has 3 rings (SSSR count). The van der Waals surface area contributed by atoms with Crippen LogP contribution in [0, 0.1) is 6.92 Å². The molecule has 3 aromatic rings. The second kappa shape index (κ2) is 5.82. The van der Waals surface area contributed by atoms with Crippen LogP contribution in [0.5, 0.6) is 0 Å². The molecule has 1 N–H and O–H groups in total. The highest BCUT2D eigenvalue weighted by Gasteiger charge is 2.15. The van der Waals surface area contributed by atoms with Crippen LogP contribution in [0.15, 0.2) is 39.5 Å².